The summed E-state index contributed by atoms with van der Waals surface area (Å²) in [5.41, 5.74) is 1.82. The van der Waals surface area contributed by atoms with E-state index in [1.54, 1.807) is 18.2 Å². The molecular weight excluding hydrogens is 272 g/mol. The second-order valence-electron chi connectivity index (χ2n) is 5.76. The van der Waals surface area contributed by atoms with Gasteiger partial charge in [-0.25, -0.2) is 0 Å². The third-order valence-corrected chi connectivity index (χ3v) is 3.35. The third kappa shape index (κ3) is 3.33. The summed E-state index contributed by atoms with van der Waals surface area (Å²) in [6, 6.07) is 13.2. The third-order valence-electron chi connectivity index (χ3n) is 3.11. The lowest BCUT2D eigenvalue weighted by molar-refractivity contribution is 0.276. The molecule has 0 bridgehead atoms. The van der Waals surface area contributed by atoms with Crippen LogP contribution >= 0.6 is 11.6 Å². The monoisotopic (exact) mass is 290 g/mol. The van der Waals surface area contributed by atoms with Crippen LogP contribution in [0.1, 0.15) is 31.9 Å². The molecule has 0 spiro atoms. The molecule has 0 radical (unpaired) electrons. The number of para-hydroxylation sites is 1. The smallest absolute Gasteiger partial charge is 0.134 e. The Labute approximate surface area is 125 Å². The molecule has 0 amide bonds. The highest BCUT2D eigenvalue weighted by atomic mass is 35.5. The average Bonchev–Trinajstić information content (AvgIpc) is 2.38. The molecule has 1 N–H and O–H groups in total. The summed E-state index contributed by atoms with van der Waals surface area (Å²) in [7, 11) is 0. The van der Waals surface area contributed by atoms with Crippen LogP contribution in [0.4, 0.5) is 0 Å². The molecule has 0 unspecified atom stereocenters. The van der Waals surface area contributed by atoms with Gasteiger partial charge < -0.3 is 9.84 Å². The van der Waals surface area contributed by atoms with Crippen molar-refractivity contribution in [1.29, 1.82) is 0 Å². The Hall–Kier alpha value is -1.51. The SMILES string of the molecule is CC(C)(C)c1ccccc1Oc1cc(Cl)ccc1CO. The summed E-state index contributed by atoms with van der Waals surface area (Å²) >= 11 is 6.01. The van der Waals surface area contributed by atoms with Crippen molar-refractivity contribution in [2.24, 2.45) is 0 Å². The summed E-state index contributed by atoms with van der Waals surface area (Å²) < 4.78 is 5.99. The first-order valence-electron chi connectivity index (χ1n) is 6.58. The van der Waals surface area contributed by atoms with Crippen LogP contribution in [0.3, 0.4) is 0 Å². The molecule has 2 rings (SSSR count). The first kappa shape index (κ1) is 14.9. The molecule has 0 aliphatic heterocycles. The van der Waals surface area contributed by atoms with Gasteiger partial charge >= 0.3 is 0 Å². The summed E-state index contributed by atoms with van der Waals surface area (Å²) in [5.74, 6) is 1.38. The fourth-order valence-electron chi connectivity index (χ4n) is 2.05. The Kier molecular flexibility index (Phi) is 4.36. The molecule has 2 aromatic rings. The molecule has 0 atom stereocenters. The summed E-state index contributed by atoms with van der Waals surface area (Å²) in [6.45, 7) is 6.34. The Balaban J connectivity index is 2.43. The zero-order valence-electron chi connectivity index (χ0n) is 12.0. The van der Waals surface area contributed by atoms with E-state index >= 15 is 0 Å². The van der Waals surface area contributed by atoms with E-state index in [9.17, 15) is 5.11 Å². The molecule has 106 valence electrons. The fourth-order valence-corrected chi connectivity index (χ4v) is 2.21. The summed E-state index contributed by atoms with van der Waals surface area (Å²) in [6.07, 6.45) is 0. The predicted molar refractivity (Wildman–Crippen MR) is 82.6 cm³/mol. The van der Waals surface area contributed by atoms with E-state index in [0.717, 1.165) is 16.9 Å². The highest BCUT2D eigenvalue weighted by Gasteiger charge is 2.19. The molecule has 2 nitrogen and oxygen atoms in total. The predicted octanol–water partition coefficient (Wildman–Crippen LogP) is 4.92. The number of ether oxygens (including phenoxy) is 1. The van der Waals surface area contributed by atoms with Gasteiger partial charge in [-0.1, -0.05) is 56.6 Å². The van der Waals surface area contributed by atoms with Crippen LogP contribution in [0.5, 0.6) is 11.5 Å². The first-order valence-corrected chi connectivity index (χ1v) is 6.96. The Morgan fingerprint density at radius 3 is 2.40 bits per heavy atom. The van der Waals surface area contributed by atoms with E-state index in [4.69, 9.17) is 16.3 Å². The molecule has 2 aromatic carbocycles. The molecule has 0 fully saturated rings. The van der Waals surface area contributed by atoms with Gasteiger partial charge in [-0.2, -0.15) is 0 Å². The minimum Gasteiger partial charge on any atom is -0.457 e. The normalized spacial score (nSPS) is 11.4. The molecular formula is C17H19ClO2. The Morgan fingerprint density at radius 1 is 1.05 bits per heavy atom. The van der Waals surface area contributed by atoms with E-state index in [1.165, 1.54) is 0 Å². The maximum absolute atomic E-state index is 9.39. The molecule has 0 aliphatic carbocycles. The van der Waals surface area contributed by atoms with E-state index in [-0.39, 0.29) is 12.0 Å². The maximum atomic E-state index is 9.39. The van der Waals surface area contributed by atoms with Crippen LogP contribution in [0, 0.1) is 0 Å². The van der Waals surface area contributed by atoms with Crippen LogP contribution in [0.25, 0.3) is 0 Å². The van der Waals surface area contributed by atoms with Gasteiger partial charge in [0, 0.05) is 16.1 Å². The van der Waals surface area contributed by atoms with Crippen LogP contribution in [-0.2, 0) is 12.0 Å². The number of benzene rings is 2. The number of halogens is 1. The molecule has 20 heavy (non-hydrogen) atoms. The Bertz CT molecular complexity index is 600. The standard InChI is InChI=1S/C17H19ClO2/c1-17(2,3)14-6-4-5-7-15(14)20-16-10-13(18)9-8-12(16)11-19/h4-10,19H,11H2,1-3H3. The van der Waals surface area contributed by atoms with Gasteiger partial charge in [-0.15, -0.1) is 0 Å². The van der Waals surface area contributed by atoms with Crippen molar-refractivity contribution >= 4 is 11.6 Å². The second kappa shape index (κ2) is 5.86. The lowest BCUT2D eigenvalue weighted by Gasteiger charge is -2.23. The van der Waals surface area contributed by atoms with E-state index in [2.05, 4.69) is 26.8 Å². The van der Waals surface area contributed by atoms with Crippen molar-refractivity contribution in [3.63, 3.8) is 0 Å². The van der Waals surface area contributed by atoms with Gasteiger partial charge in [0.15, 0.2) is 0 Å². The number of hydrogen-bond acceptors (Lipinski definition) is 2. The average molecular weight is 291 g/mol. The molecule has 0 saturated carbocycles. The molecule has 0 aromatic heterocycles. The van der Waals surface area contributed by atoms with Crippen molar-refractivity contribution in [3.05, 3.63) is 58.6 Å². The lowest BCUT2D eigenvalue weighted by Crippen LogP contribution is -2.12. The minimum absolute atomic E-state index is 0.0193. The second-order valence-corrected chi connectivity index (χ2v) is 6.19. The minimum atomic E-state index is -0.0792. The van der Waals surface area contributed by atoms with Gasteiger partial charge in [-0.05, 0) is 23.6 Å². The van der Waals surface area contributed by atoms with Crippen molar-refractivity contribution < 1.29 is 9.84 Å². The van der Waals surface area contributed by atoms with Gasteiger partial charge in [0.05, 0.1) is 6.61 Å². The number of rotatable bonds is 3. The van der Waals surface area contributed by atoms with E-state index in [0.29, 0.717) is 10.8 Å². The lowest BCUT2D eigenvalue weighted by atomic mass is 9.86. The van der Waals surface area contributed by atoms with Crippen molar-refractivity contribution in [1.82, 2.24) is 0 Å². The Morgan fingerprint density at radius 2 is 1.75 bits per heavy atom. The van der Waals surface area contributed by atoms with Crippen LogP contribution in [0.15, 0.2) is 42.5 Å². The quantitative estimate of drug-likeness (QED) is 0.869. The maximum Gasteiger partial charge on any atom is 0.134 e. The van der Waals surface area contributed by atoms with Gasteiger partial charge in [0.1, 0.15) is 11.5 Å². The van der Waals surface area contributed by atoms with Crippen molar-refractivity contribution in [3.8, 4) is 11.5 Å². The van der Waals surface area contributed by atoms with Gasteiger partial charge in [-0.3, -0.25) is 0 Å². The molecule has 3 heteroatoms. The van der Waals surface area contributed by atoms with E-state index < -0.39 is 0 Å². The van der Waals surface area contributed by atoms with Crippen molar-refractivity contribution in [2.45, 2.75) is 32.8 Å². The van der Waals surface area contributed by atoms with E-state index in [1.807, 2.05) is 18.2 Å². The number of aliphatic hydroxyl groups is 1. The highest BCUT2D eigenvalue weighted by Crippen LogP contribution is 2.35. The zero-order chi connectivity index (χ0) is 14.8. The van der Waals surface area contributed by atoms with Crippen LogP contribution < -0.4 is 4.74 Å². The van der Waals surface area contributed by atoms with Gasteiger partial charge in [0.25, 0.3) is 0 Å². The first-order chi connectivity index (χ1) is 9.41. The van der Waals surface area contributed by atoms with Crippen molar-refractivity contribution in [2.75, 3.05) is 0 Å². The highest BCUT2D eigenvalue weighted by molar-refractivity contribution is 6.30. The summed E-state index contributed by atoms with van der Waals surface area (Å²) in [4.78, 5) is 0. The number of aliphatic hydroxyl groups excluding tert-OH is 1. The molecule has 0 aliphatic rings. The zero-order valence-corrected chi connectivity index (χ0v) is 12.7. The molecule has 0 saturated heterocycles. The van der Waals surface area contributed by atoms with Crippen LogP contribution in [0.2, 0.25) is 5.02 Å². The topological polar surface area (TPSA) is 29.5 Å². The summed E-state index contributed by atoms with van der Waals surface area (Å²) in [5, 5.41) is 9.98. The van der Waals surface area contributed by atoms with Gasteiger partial charge in [0.2, 0.25) is 0 Å². The number of hydrogen-bond donors (Lipinski definition) is 1. The molecule has 0 heterocycles. The van der Waals surface area contributed by atoms with Crippen LogP contribution in [-0.4, -0.2) is 5.11 Å². The fraction of sp³-hybridized carbons (Fsp3) is 0.294. The largest absolute Gasteiger partial charge is 0.457 e.